The van der Waals surface area contributed by atoms with Crippen LogP contribution in [0, 0.1) is 0 Å². The van der Waals surface area contributed by atoms with E-state index in [1.165, 1.54) is 13.1 Å². The molecule has 4 nitrogen and oxygen atoms in total. The summed E-state index contributed by atoms with van der Waals surface area (Å²) >= 11 is 0. The van der Waals surface area contributed by atoms with Crippen molar-refractivity contribution in [3.05, 3.63) is 41.6 Å². The smallest absolute Gasteiger partial charge is 0.264 e. The Hall–Kier alpha value is -2.50. The van der Waals surface area contributed by atoms with Gasteiger partial charge in [0.2, 0.25) is 5.91 Å². The zero-order valence-corrected chi connectivity index (χ0v) is 15.8. The van der Waals surface area contributed by atoms with Crippen LogP contribution in [0.1, 0.15) is 50.7 Å². The number of hydrogen-bond acceptors (Lipinski definition) is 3. The molecule has 0 atom stereocenters. The van der Waals surface area contributed by atoms with Crippen molar-refractivity contribution in [3.8, 4) is 11.1 Å². The second-order valence-corrected chi connectivity index (χ2v) is 6.93. The molecule has 2 aromatic rings. The highest BCUT2D eigenvalue weighted by Crippen LogP contribution is 2.39. The lowest BCUT2D eigenvalue weighted by Gasteiger charge is -2.32. The number of alkyl halides is 2. The Morgan fingerprint density at radius 1 is 1.33 bits per heavy atom. The van der Waals surface area contributed by atoms with Gasteiger partial charge in [-0.15, -0.1) is 0 Å². The van der Waals surface area contributed by atoms with Crippen molar-refractivity contribution in [3.63, 3.8) is 0 Å². The Morgan fingerprint density at radius 3 is 2.78 bits per heavy atom. The average molecular weight is 373 g/mol. The summed E-state index contributed by atoms with van der Waals surface area (Å²) in [5.74, 6) is 0.193. The molecule has 1 aliphatic heterocycles. The summed E-state index contributed by atoms with van der Waals surface area (Å²) in [5, 5.41) is 2.59. The van der Waals surface area contributed by atoms with E-state index < -0.39 is 6.43 Å². The predicted octanol–water partition coefficient (Wildman–Crippen LogP) is 5.20. The predicted molar refractivity (Wildman–Crippen MR) is 104 cm³/mol. The minimum Gasteiger partial charge on any atom is -0.371 e. The van der Waals surface area contributed by atoms with Gasteiger partial charge in [-0.05, 0) is 54.7 Å². The zero-order valence-electron chi connectivity index (χ0n) is 15.8. The summed E-state index contributed by atoms with van der Waals surface area (Å²) in [7, 11) is 0. The molecule has 6 heteroatoms. The van der Waals surface area contributed by atoms with Crippen molar-refractivity contribution in [1.82, 2.24) is 4.98 Å². The first-order chi connectivity index (χ1) is 13.0. The van der Waals surface area contributed by atoms with E-state index in [-0.39, 0.29) is 11.5 Å². The van der Waals surface area contributed by atoms with Gasteiger partial charge in [0.15, 0.2) is 0 Å². The maximum atomic E-state index is 13.8. The van der Waals surface area contributed by atoms with Gasteiger partial charge >= 0.3 is 0 Å². The third-order valence-electron chi connectivity index (χ3n) is 4.86. The van der Waals surface area contributed by atoms with Crippen molar-refractivity contribution in [1.29, 1.82) is 0 Å². The molecule has 3 rings (SSSR count). The monoisotopic (exact) mass is 373 g/mol. The highest BCUT2D eigenvalue weighted by atomic mass is 19.3. The molecule has 0 bridgehead atoms. The maximum absolute atomic E-state index is 13.8. The molecule has 27 heavy (non-hydrogen) atoms. The summed E-state index contributed by atoms with van der Waals surface area (Å²) < 4.78 is 27.6. The van der Waals surface area contributed by atoms with Gasteiger partial charge in [0, 0.05) is 43.0 Å². The fourth-order valence-electron chi connectivity index (χ4n) is 3.54. The molecule has 1 aromatic carbocycles. The lowest BCUT2D eigenvalue weighted by molar-refractivity contribution is -0.114. The first kappa shape index (κ1) is 19.3. The van der Waals surface area contributed by atoms with Crippen LogP contribution >= 0.6 is 0 Å². The van der Waals surface area contributed by atoms with E-state index in [4.69, 9.17) is 0 Å². The average Bonchev–Trinajstić information content (AvgIpc) is 2.65. The molecule has 0 saturated carbocycles. The van der Waals surface area contributed by atoms with E-state index in [9.17, 15) is 13.6 Å². The lowest BCUT2D eigenvalue weighted by Crippen LogP contribution is -2.30. The summed E-state index contributed by atoms with van der Waals surface area (Å²) in [6.07, 6.45) is 3.04. The molecule has 1 aliphatic rings. The Bertz CT molecular complexity index is 806. The SMILES string of the molecule is CCCCN1CCCc2cc(-c3ccc(NC(C)=O)nc3)c(C(F)F)cc21. The molecule has 144 valence electrons. The molecular formula is C21H25F2N3O. The summed E-state index contributed by atoms with van der Waals surface area (Å²) in [4.78, 5) is 17.5. The van der Waals surface area contributed by atoms with Gasteiger partial charge in [0.05, 0.1) is 0 Å². The van der Waals surface area contributed by atoms with Gasteiger partial charge in [0.25, 0.3) is 6.43 Å². The van der Waals surface area contributed by atoms with Crippen LogP contribution in [0.4, 0.5) is 20.3 Å². The number of fused-ring (bicyclic) bond motifs is 1. The van der Waals surface area contributed by atoms with Gasteiger partial charge in [0.1, 0.15) is 5.82 Å². The molecule has 0 fully saturated rings. The van der Waals surface area contributed by atoms with Crippen LogP contribution in [-0.2, 0) is 11.2 Å². The molecule has 0 aliphatic carbocycles. The number of amides is 1. The minimum absolute atomic E-state index is 0.0335. The number of unbranched alkanes of at least 4 members (excludes halogenated alkanes) is 1. The van der Waals surface area contributed by atoms with Crippen LogP contribution in [0.2, 0.25) is 0 Å². The van der Waals surface area contributed by atoms with Crippen molar-refractivity contribution in [2.24, 2.45) is 0 Å². The fourth-order valence-corrected chi connectivity index (χ4v) is 3.54. The number of nitrogens with zero attached hydrogens (tertiary/aromatic N) is 2. The molecule has 2 heterocycles. The third-order valence-corrected chi connectivity index (χ3v) is 4.86. The Kier molecular flexibility index (Phi) is 6.04. The van der Waals surface area contributed by atoms with Crippen molar-refractivity contribution >= 4 is 17.4 Å². The first-order valence-corrected chi connectivity index (χ1v) is 9.43. The van der Waals surface area contributed by atoms with Gasteiger partial charge in [-0.3, -0.25) is 4.79 Å². The molecule has 0 saturated heterocycles. The Morgan fingerprint density at radius 2 is 2.15 bits per heavy atom. The number of hydrogen-bond donors (Lipinski definition) is 1. The normalized spacial score (nSPS) is 13.6. The van der Waals surface area contributed by atoms with E-state index in [2.05, 4.69) is 22.1 Å². The molecule has 0 unspecified atom stereocenters. The van der Waals surface area contributed by atoms with Crippen LogP contribution in [0.5, 0.6) is 0 Å². The second kappa shape index (κ2) is 8.46. The van der Waals surface area contributed by atoms with E-state index >= 15 is 0 Å². The van der Waals surface area contributed by atoms with Gasteiger partial charge < -0.3 is 10.2 Å². The fraction of sp³-hybridized carbons (Fsp3) is 0.429. The zero-order chi connectivity index (χ0) is 19.4. The summed E-state index contributed by atoms with van der Waals surface area (Å²) in [6, 6.07) is 6.92. The lowest BCUT2D eigenvalue weighted by atomic mass is 9.92. The molecule has 1 aromatic heterocycles. The largest absolute Gasteiger partial charge is 0.371 e. The number of pyridine rings is 1. The van der Waals surface area contributed by atoms with Crippen LogP contribution in [0.3, 0.4) is 0 Å². The van der Waals surface area contributed by atoms with Gasteiger partial charge in [-0.1, -0.05) is 13.3 Å². The number of anilines is 2. The van der Waals surface area contributed by atoms with E-state index in [1.807, 2.05) is 6.07 Å². The van der Waals surface area contributed by atoms with Crippen LogP contribution in [-0.4, -0.2) is 24.0 Å². The van der Waals surface area contributed by atoms with Crippen molar-refractivity contribution in [2.45, 2.75) is 46.0 Å². The molecule has 1 N–H and O–H groups in total. The van der Waals surface area contributed by atoms with Gasteiger partial charge in [-0.25, -0.2) is 13.8 Å². The number of rotatable bonds is 6. The highest BCUT2D eigenvalue weighted by molar-refractivity contribution is 5.87. The maximum Gasteiger partial charge on any atom is 0.264 e. The minimum atomic E-state index is -2.56. The molecular weight excluding hydrogens is 348 g/mol. The Labute approximate surface area is 158 Å². The number of benzene rings is 1. The van der Waals surface area contributed by atoms with Crippen LogP contribution in [0.25, 0.3) is 11.1 Å². The van der Waals surface area contributed by atoms with E-state index in [0.29, 0.717) is 16.9 Å². The Balaban J connectivity index is 1.99. The van der Waals surface area contributed by atoms with Crippen molar-refractivity contribution in [2.75, 3.05) is 23.3 Å². The van der Waals surface area contributed by atoms with Gasteiger partial charge in [-0.2, -0.15) is 0 Å². The third kappa shape index (κ3) is 4.43. The number of carbonyl (C=O) groups is 1. The molecule has 0 spiro atoms. The van der Waals surface area contributed by atoms with E-state index in [1.54, 1.807) is 18.2 Å². The molecule has 1 amide bonds. The van der Waals surface area contributed by atoms with Crippen molar-refractivity contribution < 1.29 is 13.6 Å². The molecule has 0 radical (unpaired) electrons. The van der Waals surface area contributed by atoms with Crippen LogP contribution in [0.15, 0.2) is 30.5 Å². The van der Waals surface area contributed by atoms with E-state index in [0.717, 1.165) is 50.0 Å². The number of carbonyl (C=O) groups excluding carboxylic acids is 1. The number of halogens is 2. The van der Waals surface area contributed by atoms with Crippen LogP contribution < -0.4 is 10.2 Å². The number of aromatic nitrogens is 1. The topological polar surface area (TPSA) is 45.2 Å². The number of aryl methyl sites for hydroxylation is 1. The number of nitrogens with one attached hydrogen (secondary N) is 1. The first-order valence-electron chi connectivity index (χ1n) is 9.43. The summed E-state index contributed by atoms with van der Waals surface area (Å²) in [5.41, 5.74) is 3.24. The quantitative estimate of drug-likeness (QED) is 0.757. The standard InChI is InChI=1S/C21H25F2N3O/c1-3-4-9-26-10-5-6-15-11-17(18(21(22)23)12-19(15)26)16-7-8-20(24-13-16)25-14(2)27/h7-8,11-13,21H,3-6,9-10H2,1-2H3,(H,24,25,27). The second-order valence-electron chi connectivity index (χ2n) is 6.93. The highest BCUT2D eigenvalue weighted by Gasteiger charge is 2.23. The summed E-state index contributed by atoms with van der Waals surface area (Å²) in [6.45, 7) is 5.36.